The Kier molecular flexibility index (Phi) is 3.17. The highest BCUT2D eigenvalue weighted by Crippen LogP contribution is 2.18. The van der Waals surface area contributed by atoms with Gasteiger partial charge >= 0.3 is 5.97 Å². The smallest absolute Gasteiger partial charge is 0.338 e. The molecule has 1 rings (SSSR count). The largest absolute Gasteiger partial charge is 0.478 e. The van der Waals surface area contributed by atoms with Gasteiger partial charge in [-0.25, -0.2) is 4.79 Å². The summed E-state index contributed by atoms with van der Waals surface area (Å²) in [5.41, 5.74) is -0.350. The van der Waals surface area contributed by atoms with Gasteiger partial charge in [0.25, 0.3) is 5.70 Å². The molecule has 78 valence electrons. The topological polar surface area (TPSA) is 80.4 Å². The van der Waals surface area contributed by atoms with Crippen molar-refractivity contribution >= 4 is 11.7 Å². The Morgan fingerprint density at radius 2 is 1.87 bits per heavy atom. The maximum atomic E-state index is 10.7. The second-order valence-corrected chi connectivity index (χ2v) is 2.90. The lowest BCUT2D eigenvalue weighted by Crippen LogP contribution is -2.07. The molecule has 5 nitrogen and oxygen atoms in total. The molecule has 0 aromatic heterocycles. The third-order valence-corrected chi connectivity index (χ3v) is 1.91. The SMILES string of the molecule is CC(C(=O)O)=C(c1ccccc1)[N+](=O)[O-]. The van der Waals surface area contributed by atoms with Crippen molar-refractivity contribution in [3.05, 3.63) is 51.6 Å². The zero-order valence-corrected chi connectivity index (χ0v) is 8.01. The Balaban J connectivity index is 3.34. The minimum absolute atomic E-state index is 0.272. The second-order valence-electron chi connectivity index (χ2n) is 2.90. The van der Waals surface area contributed by atoms with E-state index in [4.69, 9.17) is 5.11 Å². The van der Waals surface area contributed by atoms with Crippen LogP contribution in [0.15, 0.2) is 35.9 Å². The standard InChI is InChI=1S/C10H9NO4/c1-7(10(12)13)9(11(14)15)8-5-3-2-4-6-8/h2-6H,1H3,(H,12,13). The number of carbonyl (C=O) groups is 1. The monoisotopic (exact) mass is 207 g/mol. The molecule has 5 heteroatoms. The van der Waals surface area contributed by atoms with Gasteiger partial charge in [-0.15, -0.1) is 0 Å². The summed E-state index contributed by atoms with van der Waals surface area (Å²) in [6, 6.07) is 7.95. The van der Waals surface area contributed by atoms with Crippen LogP contribution in [0.2, 0.25) is 0 Å². The lowest BCUT2D eigenvalue weighted by molar-refractivity contribution is -0.376. The average Bonchev–Trinajstić information content (AvgIpc) is 2.18. The molecule has 0 aliphatic carbocycles. The number of carboxylic acid groups (broad SMARTS) is 1. The summed E-state index contributed by atoms with van der Waals surface area (Å²) in [4.78, 5) is 20.7. The van der Waals surface area contributed by atoms with E-state index in [-0.39, 0.29) is 11.3 Å². The summed E-state index contributed by atoms with van der Waals surface area (Å²) in [5, 5.41) is 19.4. The Morgan fingerprint density at radius 1 is 1.33 bits per heavy atom. The van der Waals surface area contributed by atoms with Gasteiger partial charge in [-0.05, 0) is 19.1 Å². The number of hydrogen-bond donors (Lipinski definition) is 1. The van der Waals surface area contributed by atoms with Crippen LogP contribution in [0, 0.1) is 10.1 Å². The molecule has 0 aliphatic rings. The summed E-state index contributed by atoms with van der Waals surface area (Å²) < 4.78 is 0. The van der Waals surface area contributed by atoms with Crippen LogP contribution >= 0.6 is 0 Å². The Morgan fingerprint density at radius 3 is 2.27 bits per heavy atom. The molecule has 0 fully saturated rings. The van der Waals surface area contributed by atoms with E-state index in [1.807, 2.05) is 0 Å². The molecular formula is C10H9NO4. The van der Waals surface area contributed by atoms with Crippen LogP contribution in [0.25, 0.3) is 5.70 Å². The van der Waals surface area contributed by atoms with Gasteiger partial charge in [0, 0.05) is 0 Å². The lowest BCUT2D eigenvalue weighted by Gasteiger charge is -2.00. The zero-order valence-electron chi connectivity index (χ0n) is 8.01. The van der Waals surface area contributed by atoms with E-state index in [9.17, 15) is 14.9 Å². The summed E-state index contributed by atoms with van der Waals surface area (Å²) in [5.74, 6) is -1.29. The van der Waals surface area contributed by atoms with E-state index in [1.54, 1.807) is 18.2 Å². The van der Waals surface area contributed by atoms with Crippen LogP contribution in [0.5, 0.6) is 0 Å². The van der Waals surface area contributed by atoms with Crippen molar-refractivity contribution in [1.29, 1.82) is 0 Å². The molecule has 0 unspecified atom stereocenters. The molecule has 0 saturated carbocycles. The van der Waals surface area contributed by atoms with Crippen molar-refractivity contribution in [3.63, 3.8) is 0 Å². The molecule has 0 aliphatic heterocycles. The number of aliphatic carboxylic acids is 1. The van der Waals surface area contributed by atoms with Crippen molar-refractivity contribution in [3.8, 4) is 0 Å². The highest BCUT2D eigenvalue weighted by molar-refractivity contribution is 5.93. The first-order valence-electron chi connectivity index (χ1n) is 4.18. The number of benzene rings is 1. The lowest BCUT2D eigenvalue weighted by atomic mass is 10.1. The molecule has 0 amide bonds. The summed E-state index contributed by atoms with van der Waals surface area (Å²) >= 11 is 0. The van der Waals surface area contributed by atoms with Gasteiger partial charge in [-0.3, -0.25) is 10.1 Å². The maximum Gasteiger partial charge on any atom is 0.338 e. The van der Waals surface area contributed by atoms with Crippen molar-refractivity contribution < 1.29 is 14.8 Å². The highest BCUT2D eigenvalue weighted by Gasteiger charge is 2.21. The van der Waals surface area contributed by atoms with E-state index < -0.39 is 10.9 Å². The van der Waals surface area contributed by atoms with Gasteiger partial charge in [0.1, 0.15) is 5.57 Å². The van der Waals surface area contributed by atoms with Gasteiger partial charge in [0.15, 0.2) is 0 Å². The Hall–Kier alpha value is -2.17. The van der Waals surface area contributed by atoms with Gasteiger partial charge in [0.2, 0.25) is 0 Å². The molecule has 0 heterocycles. The summed E-state index contributed by atoms with van der Waals surface area (Å²) in [6.45, 7) is 1.22. The van der Waals surface area contributed by atoms with Crippen molar-refractivity contribution in [2.45, 2.75) is 6.92 Å². The normalized spacial score (nSPS) is 11.8. The Bertz CT molecular complexity index is 422. The average molecular weight is 207 g/mol. The van der Waals surface area contributed by atoms with Crippen LogP contribution in [-0.4, -0.2) is 16.0 Å². The molecule has 15 heavy (non-hydrogen) atoms. The molecule has 0 saturated heterocycles. The minimum Gasteiger partial charge on any atom is -0.478 e. The predicted molar refractivity (Wildman–Crippen MR) is 53.7 cm³/mol. The van der Waals surface area contributed by atoms with E-state index in [2.05, 4.69) is 0 Å². The third kappa shape index (κ3) is 2.40. The van der Waals surface area contributed by atoms with Crippen LogP contribution in [0.1, 0.15) is 12.5 Å². The number of carboxylic acids is 1. The minimum atomic E-state index is -1.29. The summed E-state index contributed by atoms with van der Waals surface area (Å²) in [6.07, 6.45) is 0. The Labute approximate surface area is 85.8 Å². The van der Waals surface area contributed by atoms with Crippen molar-refractivity contribution in [2.75, 3.05) is 0 Å². The molecular weight excluding hydrogens is 198 g/mol. The van der Waals surface area contributed by atoms with Crippen LogP contribution in [-0.2, 0) is 4.79 Å². The molecule has 1 N–H and O–H groups in total. The second kappa shape index (κ2) is 4.36. The molecule has 0 bridgehead atoms. The third-order valence-electron chi connectivity index (χ3n) is 1.91. The highest BCUT2D eigenvalue weighted by atomic mass is 16.6. The first kappa shape index (κ1) is 10.9. The molecule has 0 spiro atoms. The maximum absolute atomic E-state index is 10.7. The zero-order chi connectivity index (χ0) is 11.4. The van der Waals surface area contributed by atoms with Crippen molar-refractivity contribution in [2.24, 2.45) is 0 Å². The molecule has 1 aromatic rings. The van der Waals surface area contributed by atoms with E-state index in [1.165, 1.54) is 19.1 Å². The van der Waals surface area contributed by atoms with Gasteiger partial charge in [0.05, 0.1) is 10.5 Å². The van der Waals surface area contributed by atoms with E-state index in [0.29, 0.717) is 5.56 Å². The first-order chi connectivity index (χ1) is 7.04. The van der Waals surface area contributed by atoms with Crippen LogP contribution in [0.3, 0.4) is 0 Å². The quantitative estimate of drug-likeness (QED) is 0.465. The number of nitro groups is 1. The molecule has 0 radical (unpaired) electrons. The molecule has 1 aromatic carbocycles. The first-order valence-corrected chi connectivity index (χ1v) is 4.18. The van der Waals surface area contributed by atoms with Gasteiger partial charge < -0.3 is 5.11 Å². The summed E-state index contributed by atoms with van der Waals surface area (Å²) in [7, 11) is 0. The van der Waals surface area contributed by atoms with E-state index in [0.717, 1.165) is 0 Å². The van der Waals surface area contributed by atoms with E-state index >= 15 is 0 Å². The fourth-order valence-corrected chi connectivity index (χ4v) is 1.16. The number of hydrogen-bond acceptors (Lipinski definition) is 3. The van der Waals surface area contributed by atoms with Gasteiger partial charge in [-0.1, -0.05) is 18.2 Å². The van der Waals surface area contributed by atoms with Crippen LogP contribution in [0.4, 0.5) is 0 Å². The predicted octanol–water partition coefficient (Wildman–Crippen LogP) is 1.78. The fraction of sp³-hybridized carbons (Fsp3) is 0.100. The number of nitrogens with zero attached hydrogens (tertiary/aromatic N) is 1. The fourth-order valence-electron chi connectivity index (χ4n) is 1.16. The van der Waals surface area contributed by atoms with Crippen LogP contribution < -0.4 is 0 Å². The molecule has 0 atom stereocenters. The van der Waals surface area contributed by atoms with Crippen molar-refractivity contribution in [1.82, 2.24) is 0 Å². The number of rotatable bonds is 3. The van der Waals surface area contributed by atoms with Gasteiger partial charge in [-0.2, -0.15) is 0 Å².